The van der Waals surface area contributed by atoms with Crippen molar-refractivity contribution in [3.05, 3.63) is 64.7 Å². The van der Waals surface area contributed by atoms with Crippen LogP contribution < -0.4 is 10.2 Å². The topological polar surface area (TPSA) is 41.6 Å². The number of aryl methyl sites for hydroxylation is 1. The molecule has 0 spiro atoms. The third-order valence-electron chi connectivity index (χ3n) is 5.94. The second-order valence-electron chi connectivity index (χ2n) is 7.85. The van der Waals surface area contributed by atoms with Crippen LogP contribution in [-0.2, 0) is 28.7 Å². The van der Waals surface area contributed by atoms with Crippen LogP contribution in [0.15, 0.2) is 42.5 Å². The van der Waals surface area contributed by atoms with Gasteiger partial charge in [0.1, 0.15) is 0 Å². The summed E-state index contributed by atoms with van der Waals surface area (Å²) in [6.07, 6.45) is -2.35. The number of morpholine rings is 1. The quantitative estimate of drug-likeness (QED) is 0.788. The summed E-state index contributed by atoms with van der Waals surface area (Å²) in [6, 6.07) is 12.4. The van der Waals surface area contributed by atoms with Crippen molar-refractivity contribution in [1.29, 1.82) is 0 Å². The highest BCUT2D eigenvalue weighted by Crippen LogP contribution is 2.36. The van der Waals surface area contributed by atoms with Crippen molar-refractivity contribution < 1.29 is 22.7 Å². The predicted molar refractivity (Wildman–Crippen MR) is 108 cm³/mol. The van der Waals surface area contributed by atoms with Gasteiger partial charge in [0.15, 0.2) is 0 Å². The maximum absolute atomic E-state index is 13.7. The summed E-state index contributed by atoms with van der Waals surface area (Å²) in [5.41, 5.74) is 2.35. The van der Waals surface area contributed by atoms with E-state index in [1.165, 1.54) is 23.3 Å². The molecular weight excluding hydrogens is 393 g/mol. The van der Waals surface area contributed by atoms with Crippen molar-refractivity contribution in [3.63, 3.8) is 0 Å². The molecule has 4 rings (SSSR count). The Morgan fingerprint density at radius 3 is 2.67 bits per heavy atom. The number of nitrogens with one attached hydrogen (secondary N) is 1. The van der Waals surface area contributed by atoms with Crippen molar-refractivity contribution >= 4 is 11.6 Å². The lowest BCUT2D eigenvalue weighted by atomic mass is 9.97. The molecule has 1 heterocycles. The van der Waals surface area contributed by atoms with Gasteiger partial charge in [-0.05, 0) is 47.6 Å². The van der Waals surface area contributed by atoms with E-state index < -0.39 is 11.7 Å². The van der Waals surface area contributed by atoms with Gasteiger partial charge in [-0.2, -0.15) is 13.2 Å². The Hall–Kier alpha value is -2.54. The van der Waals surface area contributed by atoms with Crippen LogP contribution in [0.5, 0.6) is 0 Å². The SMILES string of the molecule is O=C(CC1CCc2ccccc21)NCc1ccc(N2CCOCC2)cc1C(F)(F)F. The molecule has 2 aromatic carbocycles. The first-order valence-corrected chi connectivity index (χ1v) is 10.3. The van der Waals surface area contributed by atoms with Crippen molar-refractivity contribution in [1.82, 2.24) is 5.32 Å². The zero-order valence-electron chi connectivity index (χ0n) is 16.7. The number of hydrogen-bond acceptors (Lipinski definition) is 3. The Balaban J connectivity index is 1.43. The molecule has 1 aliphatic carbocycles. The minimum Gasteiger partial charge on any atom is -0.378 e. The molecule has 1 saturated heterocycles. The molecule has 1 fully saturated rings. The van der Waals surface area contributed by atoms with Gasteiger partial charge in [-0.15, -0.1) is 0 Å². The molecule has 1 atom stereocenters. The number of amides is 1. The standard InChI is InChI=1S/C23H25F3N2O2/c24-23(25,26)21-14-19(28-9-11-30-12-10-28)8-7-18(21)15-27-22(29)13-17-6-5-16-3-1-2-4-20(16)17/h1-4,7-8,14,17H,5-6,9-13,15H2,(H,27,29). The number of carbonyl (C=O) groups excluding carboxylic acids is 1. The van der Waals surface area contributed by atoms with Crippen LogP contribution in [0.3, 0.4) is 0 Å². The molecule has 160 valence electrons. The average Bonchev–Trinajstić information content (AvgIpc) is 3.15. The van der Waals surface area contributed by atoms with E-state index in [4.69, 9.17) is 4.74 Å². The number of halogens is 3. The fraction of sp³-hybridized carbons (Fsp3) is 0.435. The van der Waals surface area contributed by atoms with Crippen molar-refractivity contribution in [2.24, 2.45) is 0 Å². The molecule has 0 saturated carbocycles. The number of rotatable bonds is 5. The van der Waals surface area contributed by atoms with Crippen LogP contribution in [0.1, 0.15) is 41.0 Å². The van der Waals surface area contributed by atoms with E-state index in [1.807, 2.05) is 23.1 Å². The monoisotopic (exact) mass is 418 g/mol. The summed E-state index contributed by atoms with van der Waals surface area (Å²) in [5.74, 6) is -0.0888. The smallest absolute Gasteiger partial charge is 0.378 e. The summed E-state index contributed by atoms with van der Waals surface area (Å²) in [4.78, 5) is 14.3. The number of benzene rings is 2. The molecule has 1 N–H and O–H groups in total. The average molecular weight is 418 g/mol. The third kappa shape index (κ3) is 4.61. The molecule has 7 heteroatoms. The van der Waals surface area contributed by atoms with Gasteiger partial charge in [0.05, 0.1) is 18.8 Å². The van der Waals surface area contributed by atoms with Crippen molar-refractivity contribution in [2.45, 2.75) is 37.9 Å². The highest BCUT2D eigenvalue weighted by atomic mass is 19.4. The van der Waals surface area contributed by atoms with E-state index in [9.17, 15) is 18.0 Å². The lowest BCUT2D eigenvalue weighted by Gasteiger charge is -2.29. The van der Waals surface area contributed by atoms with Crippen LogP contribution >= 0.6 is 0 Å². The van der Waals surface area contributed by atoms with Crippen molar-refractivity contribution in [3.8, 4) is 0 Å². The highest BCUT2D eigenvalue weighted by Gasteiger charge is 2.34. The number of nitrogens with zero attached hydrogens (tertiary/aromatic N) is 1. The van der Waals surface area contributed by atoms with Crippen molar-refractivity contribution in [2.75, 3.05) is 31.2 Å². The number of ether oxygens (including phenoxy) is 1. The Kier molecular flexibility index (Phi) is 5.99. The van der Waals surface area contributed by atoms with Gasteiger partial charge < -0.3 is 15.0 Å². The third-order valence-corrected chi connectivity index (χ3v) is 5.94. The molecule has 0 radical (unpaired) electrons. The molecule has 1 amide bonds. The van der Waals surface area contributed by atoms with Gasteiger partial charge in [0.25, 0.3) is 0 Å². The maximum atomic E-state index is 13.7. The van der Waals surface area contributed by atoms with Gasteiger partial charge in [-0.25, -0.2) is 0 Å². The fourth-order valence-corrected chi connectivity index (χ4v) is 4.35. The lowest BCUT2D eigenvalue weighted by Crippen LogP contribution is -2.36. The Labute approximate surface area is 174 Å². The summed E-state index contributed by atoms with van der Waals surface area (Å²) in [7, 11) is 0. The molecule has 2 aromatic rings. The fourth-order valence-electron chi connectivity index (χ4n) is 4.35. The number of hydrogen-bond donors (Lipinski definition) is 1. The summed E-state index contributed by atoms with van der Waals surface area (Å²) < 4.78 is 46.2. The minimum atomic E-state index is -4.48. The Morgan fingerprint density at radius 1 is 1.13 bits per heavy atom. The maximum Gasteiger partial charge on any atom is 0.416 e. The largest absolute Gasteiger partial charge is 0.416 e. The second kappa shape index (κ2) is 8.68. The first-order valence-electron chi connectivity index (χ1n) is 10.3. The summed E-state index contributed by atoms with van der Waals surface area (Å²) in [5, 5.41) is 2.70. The van der Waals surface area contributed by atoms with E-state index >= 15 is 0 Å². The van der Waals surface area contributed by atoms with E-state index in [0.717, 1.165) is 12.8 Å². The van der Waals surface area contributed by atoms with Crippen LogP contribution in [0, 0.1) is 0 Å². The molecule has 2 aliphatic rings. The highest BCUT2D eigenvalue weighted by molar-refractivity contribution is 5.77. The van der Waals surface area contributed by atoms with Gasteiger partial charge >= 0.3 is 6.18 Å². The van der Waals surface area contributed by atoms with Gasteiger partial charge in [-0.1, -0.05) is 30.3 Å². The van der Waals surface area contributed by atoms with E-state index in [2.05, 4.69) is 11.4 Å². The molecule has 4 nitrogen and oxygen atoms in total. The van der Waals surface area contributed by atoms with E-state index in [0.29, 0.717) is 38.4 Å². The normalized spacial score (nSPS) is 18.9. The molecule has 1 aliphatic heterocycles. The van der Waals surface area contributed by atoms with Crippen LogP contribution in [-0.4, -0.2) is 32.2 Å². The van der Waals surface area contributed by atoms with Gasteiger partial charge in [0, 0.05) is 31.7 Å². The number of anilines is 1. The van der Waals surface area contributed by atoms with Gasteiger partial charge in [-0.3, -0.25) is 4.79 Å². The zero-order valence-corrected chi connectivity index (χ0v) is 16.7. The Morgan fingerprint density at radius 2 is 1.90 bits per heavy atom. The number of fused-ring (bicyclic) bond motifs is 1. The zero-order chi connectivity index (χ0) is 21.1. The second-order valence-corrected chi connectivity index (χ2v) is 7.85. The lowest BCUT2D eigenvalue weighted by molar-refractivity contribution is -0.138. The number of alkyl halides is 3. The van der Waals surface area contributed by atoms with Crippen LogP contribution in [0.2, 0.25) is 0 Å². The van der Waals surface area contributed by atoms with Crippen LogP contribution in [0.4, 0.5) is 18.9 Å². The summed E-state index contributed by atoms with van der Waals surface area (Å²) in [6.45, 7) is 2.00. The summed E-state index contributed by atoms with van der Waals surface area (Å²) >= 11 is 0. The minimum absolute atomic E-state index is 0.0830. The first-order chi connectivity index (χ1) is 14.4. The molecule has 0 aromatic heterocycles. The first kappa shape index (κ1) is 20.7. The predicted octanol–water partition coefficient (Wildman–Crippen LogP) is 4.28. The Bertz CT molecular complexity index is 908. The van der Waals surface area contributed by atoms with Gasteiger partial charge in [0.2, 0.25) is 5.91 Å². The van der Waals surface area contributed by atoms with E-state index in [1.54, 1.807) is 6.07 Å². The number of carbonyl (C=O) groups is 1. The molecule has 1 unspecified atom stereocenters. The molecular formula is C23H25F3N2O2. The molecule has 30 heavy (non-hydrogen) atoms. The molecule has 0 bridgehead atoms. The van der Waals surface area contributed by atoms with Crippen LogP contribution in [0.25, 0.3) is 0 Å². The van der Waals surface area contributed by atoms with E-state index in [-0.39, 0.29) is 23.9 Å².